The van der Waals surface area contributed by atoms with Crippen molar-refractivity contribution in [3.8, 4) is 0 Å². The number of aliphatic hydroxyl groups excluding tert-OH is 1. The molecule has 6 aliphatic rings. The summed E-state index contributed by atoms with van der Waals surface area (Å²) >= 11 is 0. The molecule has 0 aromatic carbocycles. The number of allylic oxidation sites excluding steroid dienone is 3. The van der Waals surface area contributed by atoms with Gasteiger partial charge in [-0.3, -0.25) is 0 Å². The van der Waals surface area contributed by atoms with Gasteiger partial charge in [-0.15, -0.1) is 0 Å². The summed E-state index contributed by atoms with van der Waals surface area (Å²) in [5, 5.41) is 10.2. The van der Waals surface area contributed by atoms with Gasteiger partial charge >= 0.3 is 0 Å². The Bertz CT molecular complexity index is 790. The van der Waals surface area contributed by atoms with E-state index in [1.165, 1.54) is 31.3 Å². The van der Waals surface area contributed by atoms with Gasteiger partial charge < -0.3 is 14.6 Å². The molecular weight excluding hydrogens is 372 g/mol. The molecule has 0 amide bonds. The fraction of sp³-hybridized carbons (Fsp3) is 0.852. The number of hydrogen-bond acceptors (Lipinski definition) is 3. The SMILES string of the molecule is C[C@@H]1CC[C@@]2(OC1)O[C@H]1C[C@H]3C4=CC=C5C[C@@H](O)CC[C@]5(C)[C@H]4CC[C@]3(C)[C@H]1[C@@H]2C. The summed E-state index contributed by atoms with van der Waals surface area (Å²) in [4.78, 5) is 0. The van der Waals surface area contributed by atoms with Gasteiger partial charge in [0.25, 0.3) is 0 Å². The van der Waals surface area contributed by atoms with Crippen LogP contribution in [0.3, 0.4) is 0 Å². The lowest BCUT2D eigenvalue weighted by Gasteiger charge is -2.55. The first-order valence-corrected chi connectivity index (χ1v) is 12.7. The van der Waals surface area contributed by atoms with Gasteiger partial charge in [-0.1, -0.05) is 51.0 Å². The van der Waals surface area contributed by atoms with Gasteiger partial charge in [-0.2, -0.15) is 0 Å². The number of ether oxygens (including phenoxy) is 2. The van der Waals surface area contributed by atoms with Gasteiger partial charge in [0.2, 0.25) is 0 Å². The second kappa shape index (κ2) is 6.45. The van der Waals surface area contributed by atoms with Crippen LogP contribution in [0.2, 0.25) is 0 Å². The van der Waals surface area contributed by atoms with Crippen LogP contribution in [0.15, 0.2) is 23.3 Å². The molecule has 6 rings (SSSR count). The first-order chi connectivity index (χ1) is 14.3. The zero-order valence-corrected chi connectivity index (χ0v) is 19.3. The van der Waals surface area contributed by atoms with Gasteiger partial charge in [0.15, 0.2) is 5.79 Å². The average Bonchev–Trinajstić information content (AvgIpc) is 3.16. The van der Waals surface area contributed by atoms with E-state index in [0.29, 0.717) is 41.1 Å². The highest BCUT2D eigenvalue weighted by Gasteiger charge is 2.67. The van der Waals surface area contributed by atoms with Crippen LogP contribution < -0.4 is 0 Å². The van der Waals surface area contributed by atoms with Gasteiger partial charge in [-0.25, -0.2) is 0 Å². The van der Waals surface area contributed by atoms with Crippen molar-refractivity contribution in [3.05, 3.63) is 23.3 Å². The fourth-order valence-electron chi connectivity index (χ4n) is 9.01. The molecule has 1 spiro atoms. The second-order valence-electron chi connectivity index (χ2n) is 12.3. The molecule has 0 aromatic heterocycles. The normalized spacial score (nSPS) is 57.2. The summed E-state index contributed by atoms with van der Waals surface area (Å²) in [6, 6.07) is 0. The number of fused-ring (bicyclic) bond motifs is 7. The maximum atomic E-state index is 10.2. The summed E-state index contributed by atoms with van der Waals surface area (Å²) in [5.41, 5.74) is 3.81. The summed E-state index contributed by atoms with van der Waals surface area (Å²) in [6.07, 6.45) is 14.2. The highest BCUT2D eigenvalue weighted by Crippen LogP contribution is 2.69. The quantitative estimate of drug-likeness (QED) is 0.560. The Morgan fingerprint density at radius 3 is 2.60 bits per heavy atom. The number of rotatable bonds is 0. The second-order valence-corrected chi connectivity index (χ2v) is 12.3. The Hall–Kier alpha value is -0.640. The topological polar surface area (TPSA) is 38.7 Å². The summed E-state index contributed by atoms with van der Waals surface area (Å²) in [5.74, 6) is 2.76. The minimum absolute atomic E-state index is 0.136. The molecule has 2 saturated heterocycles. The van der Waals surface area contributed by atoms with Crippen LogP contribution in [0, 0.1) is 40.4 Å². The van der Waals surface area contributed by atoms with Crippen LogP contribution in [0.5, 0.6) is 0 Å². The summed E-state index contributed by atoms with van der Waals surface area (Å²) in [6.45, 7) is 10.7. The summed E-state index contributed by atoms with van der Waals surface area (Å²) in [7, 11) is 0. The molecule has 166 valence electrons. The molecule has 1 N–H and O–H groups in total. The zero-order valence-electron chi connectivity index (χ0n) is 19.3. The molecule has 0 aromatic rings. The smallest absolute Gasteiger partial charge is 0.171 e. The monoisotopic (exact) mass is 412 g/mol. The Labute approximate surface area is 182 Å². The molecule has 30 heavy (non-hydrogen) atoms. The van der Waals surface area contributed by atoms with E-state index in [2.05, 4.69) is 39.8 Å². The Morgan fingerprint density at radius 1 is 1.00 bits per heavy atom. The van der Waals surface area contributed by atoms with Crippen LogP contribution in [-0.4, -0.2) is 29.7 Å². The lowest BCUT2D eigenvalue weighted by atomic mass is 9.50. The van der Waals surface area contributed by atoms with Crippen molar-refractivity contribution in [1.82, 2.24) is 0 Å². The van der Waals surface area contributed by atoms with Gasteiger partial charge in [0.1, 0.15) is 0 Å². The molecule has 3 nitrogen and oxygen atoms in total. The van der Waals surface area contributed by atoms with Gasteiger partial charge in [-0.05, 0) is 79.4 Å². The predicted molar refractivity (Wildman–Crippen MR) is 118 cm³/mol. The van der Waals surface area contributed by atoms with Crippen molar-refractivity contribution in [2.24, 2.45) is 40.4 Å². The molecule has 3 saturated carbocycles. The molecule has 2 heterocycles. The first kappa shape index (κ1) is 20.0. The zero-order chi connectivity index (χ0) is 20.9. The third-order valence-electron chi connectivity index (χ3n) is 10.8. The first-order valence-electron chi connectivity index (χ1n) is 12.7. The third-order valence-corrected chi connectivity index (χ3v) is 10.8. The Balaban J connectivity index is 1.31. The minimum Gasteiger partial charge on any atom is -0.393 e. The van der Waals surface area contributed by atoms with E-state index in [4.69, 9.17) is 9.47 Å². The largest absolute Gasteiger partial charge is 0.393 e. The molecule has 0 unspecified atom stereocenters. The summed E-state index contributed by atoms with van der Waals surface area (Å²) < 4.78 is 13.3. The Kier molecular flexibility index (Phi) is 4.30. The van der Waals surface area contributed by atoms with Crippen molar-refractivity contribution in [2.45, 2.75) is 97.1 Å². The maximum Gasteiger partial charge on any atom is 0.171 e. The molecule has 10 atom stereocenters. The van der Waals surface area contributed by atoms with Crippen LogP contribution in [-0.2, 0) is 9.47 Å². The number of hydrogen-bond donors (Lipinski definition) is 1. The molecule has 2 aliphatic heterocycles. The third kappa shape index (κ3) is 2.49. The van der Waals surface area contributed by atoms with Crippen molar-refractivity contribution in [2.75, 3.05) is 6.61 Å². The highest BCUT2D eigenvalue weighted by molar-refractivity contribution is 5.39. The van der Waals surface area contributed by atoms with E-state index in [-0.39, 0.29) is 17.3 Å². The standard InChI is InChI=1S/C27H40O3/c1-16-7-12-27(29-15-16)17(2)24-23(30-27)14-22-20-6-5-18-13-19(28)8-10-25(18,3)21(20)9-11-26(22,24)4/h5-6,16-17,19,21-24,28H,7-15H2,1-4H3/t16-,17+,19+,21+,22+,23+,24+,25+,26+,27-/m1/s1. The van der Waals surface area contributed by atoms with E-state index in [1.807, 2.05) is 0 Å². The molecule has 0 bridgehead atoms. The number of aliphatic hydroxyl groups is 1. The van der Waals surface area contributed by atoms with Crippen molar-refractivity contribution < 1.29 is 14.6 Å². The molecular formula is C27H40O3. The lowest BCUT2D eigenvalue weighted by molar-refractivity contribution is -0.271. The van der Waals surface area contributed by atoms with Gasteiger partial charge in [0.05, 0.1) is 18.8 Å². The van der Waals surface area contributed by atoms with Crippen LogP contribution in [0.4, 0.5) is 0 Å². The van der Waals surface area contributed by atoms with Gasteiger partial charge in [0, 0.05) is 12.3 Å². The van der Waals surface area contributed by atoms with Crippen LogP contribution in [0.1, 0.15) is 79.1 Å². The van der Waals surface area contributed by atoms with Crippen LogP contribution in [0.25, 0.3) is 0 Å². The average molecular weight is 413 g/mol. The van der Waals surface area contributed by atoms with Crippen molar-refractivity contribution in [3.63, 3.8) is 0 Å². The van der Waals surface area contributed by atoms with Crippen molar-refractivity contribution in [1.29, 1.82) is 0 Å². The van der Waals surface area contributed by atoms with E-state index in [9.17, 15) is 5.11 Å². The maximum absolute atomic E-state index is 10.2. The predicted octanol–water partition coefficient (Wildman–Crippen LogP) is 5.63. The fourth-order valence-corrected chi connectivity index (χ4v) is 9.01. The van der Waals surface area contributed by atoms with Crippen molar-refractivity contribution >= 4 is 0 Å². The van der Waals surface area contributed by atoms with E-state index in [1.54, 1.807) is 5.57 Å². The Morgan fingerprint density at radius 2 is 1.83 bits per heavy atom. The van der Waals surface area contributed by atoms with E-state index in [0.717, 1.165) is 32.3 Å². The van der Waals surface area contributed by atoms with E-state index < -0.39 is 0 Å². The molecule has 3 heteroatoms. The minimum atomic E-state index is -0.313. The molecule has 5 fully saturated rings. The van der Waals surface area contributed by atoms with E-state index >= 15 is 0 Å². The molecule has 0 radical (unpaired) electrons. The van der Waals surface area contributed by atoms with Crippen LogP contribution >= 0.6 is 0 Å². The lowest BCUT2D eigenvalue weighted by Crippen LogP contribution is -2.49. The highest BCUT2D eigenvalue weighted by atomic mass is 16.7. The molecule has 4 aliphatic carbocycles.